The molecule has 15 heavy (non-hydrogen) atoms. The van der Waals surface area contributed by atoms with Crippen LogP contribution in [-0.2, 0) is 19.1 Å². The summed E-state index contributed by atoms with van der Waals surface area (Å²) in [7, 11) is 0. The average molecular weight is 215 g/mol. The molecule has 0 aromatic rings. The highest BCUT2D eigenvalue weighted by Gasteiger charge is 2.48. The van der Waals surface area contributed by atoms with Crippen LogP contribution in [0.15, 0.2) is 0 Å². The van der Waals surface area contributed by atoms with E-state index in [1.165, 1.54) is 6.92 Å². The van der Waals surface area contributed by atoms with Crippen LogP contribution in [0.4, 0.5) is 0 Å². The van der Waals surface area contributed by atoms with Crippen molar-refractivity contribution in [2.45, 2.75) is 26.0 Å². The van der Waals surface area contributed by atoms with Crippen LogP contribution in [0, 0.1) is 11.8 Å². The second-order valence-corrected chi connectivity index (χ2v) is 3.62. The fourth-order valence-corrected chi connectivity index (χ4v) is 1.68. The molecule has 0 spiro atoms. The van der Waals surface area contributed by atoms with Crippen molar-refractivity contribution < 1.29 is 24.2 Å². The van der Waals surface area contributed by atoms with Crippen molar-refractivity contribution in [2.24, 2.45) is 11.8 Å². The predicted octanol–water partition coefficient (Wildman–Crippen LogP) is -0.617. The molecule has 0 aromatic heterocycles. The van der Waals surface area contributed by atoms with Crippen molar-refractivity contribution in [1.29, 1.82) is 0 Å². The van der Waals surface area contributed by atoms with Gasteiger partial charge in [-0.05, 0) is 13.8 Å². The molecular weight excluding hydrogens is 202 g/mol. The average Bonchev–Trinajstić information content (AvgIpc) is 2.12. The SMILES string of the molecule is CC(C(=O)O)[C@H]1NC(=O)[C@H]1[C@H](C)OC=O. The third-order valence-corrected chi connectivity index (χ3v) is 2.70. The molecule has 0 aliphatic carbocycles. The fourth-order valence-electron chi connectivity index (χ4n) is 1.68. The van der Waals surface area contributed by atoms with E-state index >= 15 is 0 Å². The highest BCUT2D eigenvalue weighted by molar-refractivity contribution is 5.88. The number of aliphatic carboxylic acids is 1. The number of nitrogens with one attached hydrogen (secondary N) is 1. The maximum Gasteiger partial charge on any atom is 0.308 e. The van der Waals surface area contributed by atoms with Gasteiger partial charge >= 0.3 is 5.97 Å². The molecule has 0 aromatic carbocycles. The molecule has 2 N–H and O–H groups in total. The largest absolute Gasteiger partial charge is 0.481 e. The summed E-state index contributed by atoms with van der Waals surface area (Å²) in [6.45, 7) is 3.34. The Morgan fingerprint density at radius 3 is 2.60 bits per heavy atom. The van der Waals surface area contributed by atoms with Gasteiger partial charge in [0.15, 0.2) is 0 Å². The molecule has 4 atom stereocenters. The van der Waals surface area contributed by atoms with Gasteiger partial charge in [-0.2, -0.15) is 0 Å². The summed E-state index contributed by atoms with van der Waals surface area (Å²) >= 11 is 0. The second kappa shape index (κ2) is 4.29. The highest BCUT2D eigenvalue weighted by atomic mass is 16.5. The highest BCUT2D eigenvalue weighted by Crippen LogP contribution is 2.26. The summed E-state index contributed by atoms with van der Waals surface area (Å²) in [6, 6.07) is -0.468. The van der Waals surface area contributed by atoms with Gasteiger partial charge < -0.3 is 15.2 Å². The summed E-state index contributed by atoms with van der Waals surface area (Å²) in [6.07, 6.45) is -0.594. The first-order chi connectivity index (χ1) is 6.99. The number of carbonyl (C=O) groups excluding carboxylic acids is 2. The predicted molar refractivity (Wildman–Crippen MR) is 48.8 cm³/mol. The van der Waals surface area contributed by atoms with E-state index in [2.05, 4.69) is 10.1 Å². The molecule has 6 heteroatoms. The van der Waals surface area contributed by atoms with Crippen LogP contribution >= 0.6 is 0 Å². The Balaban J connectivity index is 2.65. The smallest absolute Gasteiger partial charge is 0.308 e. The van der Waals surface area contributed by atoms with E-state index in [-0.39, 0.29) is 12.4 Å². The lowest BCUT2D eigenvalue weighted by atomic mass is 9.79. The summed E-state index contributed by atoms with van der Waals surface area (Å²) in [4.78, 5) is 32.0. The third-order valence-electron chi connectivity index (χ3n) is 2.70. The Hall–Kier alpha value is -1.59. The summed E-state index contributed by atoms with van der Waals surface area (Å²) in [5, 5.41) is 11.3. The minimum atomic E-state index is -0.983. The fraction of sp³-hybridized carbons (Fsp3) is 0.667. The molecule has 1 fully saturated rings. The molecule has 1 heterocycles. The van der Waals surface area contributed by atoms with Gasteiger partial charge in [-0.25, -0.2) is 0 Å². The quantitative estimate of drug-likeness (QED) is 0.471. The Labute approximate surface area is 86.6 Å². The molecule has 1 rings (SSSR count). The van der Waals surface area contributed by atoms with E-state index in [0.29, 0.717) is 0 Å². The minimum Gasteiger partial charge on any atom is -0.481 e. The van der Waals surface area contributed by atoms with E-state index in [9.17, 15) is 14.4 Å². The Morgan fingerprint density at radius 1 is 1.60 bits per heavy atom. The van der Waals surface area contributed by atoms with Crippen LogP contribution in [0.25, 0.3) is 0 Å². The monoisotopic (exact) mass is 215 g/mol. The first-order valence-corrected chi connectivity index (χ1v) is 4.61. The van der Waals surface area contributed by atoms with Crippen molar-refractivity contribution in [3.63, 3.8) is 0 Å². The lowest BCUT2D eigenvalue weighted by Crippen LogP contribution is -2.65. The van der Waals surface area contributed by atoms with Gasteiger partial charge in [0, 0.05) is 0 Å². The number of amides is 1. The van der Waals surface area contributed by atoms with Gasteiger partial charge in [0.05, 0.1) is 17.9 Å². The molecule has 0 radical (unpaired) electrons. The molecule has 1 aliphatic heterocycles. The lowest BCUT2D eigenvalue weighted by Gasteiger charge is -2.41. The van der Waals surface area contributed by atoms with Crippen molar-refractivity contribution >= 4 is 18.3 Å². The first kappa shape index (κ1) is 11.5. The van der Waals surface area contributed by atoms with Crippen molar-refractivity contribution in [3.8, 4) is 0 Å². The molecule has 0 bridgehead atoms. The zero-order valence-corrected chi connectivity index (χ0v) is 8.47. The maximum absolute atomic E-state index is 11.2. The standard InChI is InChI=1S/C9H13NO5/c1-4(9(13)14)7-6(8(12)10-7)5(2)15-3-11/h3-7H,1-2H3,(H,10,12)(H,13,14)/t4?,5-,6-,7+/m0/s1. The van der Waals surface area contributed by atoms with Crippen LogP contribution in [0.2, 0.25) is 0 Å². The van der Waals surface area contributed by atoms with Crippen LogP contribution in [0.5, 0.6) is 0 Å². The zero-order valence-electron chi connectivity index (χ0n) is 8.47. The molecule has 1 aliphatic rings. The number of hydrogen-bond acceptors (Lipinski definition) is 4. The number of hydrogen-bond donors (Lipinski definition) is 2. The van der Waals surface area contributed by atoms with Gasteiger partial charge in [-0.1, -0.05) is 0 Å². The van der Waals surface area contributed by atoms with Gasteiger partial charge in [0.25, 0.3) is 6.47 Å². The molecule has 1 saturated heterocycles. The van der Waals surface area contributed by atoms with Crippen molar-refractivity contribution in [1.82, 2.24) is 5.32 Å². The lowest BCUT2D eigenvalue weighted by molar-refractivity contribution is -0.155. The molecular formula is C9H13NO5. The molecule has 1 unspecified atom stereocenters. The van der Waals surface area contributed by atoms with Crippen LogP contribution < -0.4 is 5.32 Å². The normalized spacial score (nSPS) is 28.3. The molecule has 0 saturated carbocycles. The van der Waals surface area contributed by atoms with E-state index in [4.69, 9.17) is 5.11 Å². The number of carboxylic acids is 1. The third kappa shape index (κ3) is 2.08. The topological polar surface area (TPSA) is 92.7 Å². The van der Waals surface area contributed by atoms with Crippen LogP contribution in [0.3, 0.4) is 0 Å². The van der Waals surface area contributed by atoms with E-state index < -0.39 is 30.0 Å². The number of β-lactam (4-membered cyclic amide) rings is 1. The Bertz CT molecular complexity index is 290. The van der Waals surface area contributed by atoms with Gasteiger partial charge in [-0.3, -0.25) is 14.4 Å². The van der Waals surface area contributed by atoms with Crippen molar-refractivity contribution in [2.75, 3.05) is 0 Å². The van der Waals surface area contributed by atoms with E-state index in [1.54, 1.807) is 6.92 Å². The van der Waals surface area contributed by atoms with Crippen LogP contribution in [0.1, 0.15) is 13.8 Å². The van der Waals surface area contributed by atoms with Gasteiger partial charge in [0.2, 0.25) is 5.91 Å². The Kier molecular flexibility index (Phi) is 3.28. The van der Waals surface area contributed by atoms with Gasteiger partial charge in [-0.15, -0.1) is 0 Å². The number of carboxylic acid groups (broad SMARTS) is 1. The molecule has 1 amide bonds. The molecule has 84 valence electrons. The number of ether oxygens (including phenoxy) is 1. The number of rotatable bonds is 5. The second-order valence-electron chi connectivity index (χ2n) is 3.62. The van der Waals surface area contributed by atoms with E-state index in [1.807, 2.05) is 0 Å². The Morgan fingerprint density at radius 2 is 2.20 bits per heavy atom. The summed E-state index contributed by atoms with van der Waals surface area (Å²) in [5.74, 6) is -2.52. The molecule has 6 nitrogen and oxygen atoms in total. The van der Waals surface area contributed by atoms with E-state index in [0.717, 1.165) is 0 Å². The first-order valence-electron chi connectivity index (χ1n) is 4.61. The van der Waals surface area contributed by atoms with Crippen LogP contribution in [-0.4, -0.2) is 35.6 Å². The summed E-state index contributed by atoms with van der Waals surface area (Å²) < 4.78 is 4.64. The van der Waals surface area contributed by atoms with Gasteiger partial charge in [0.1, 0.15) is 6.10 Å². The minimum absolute atomic E-state index is 0.263. The maximum atomic E-state index is 11.2. The zero-order chi connectivity index (χ0) is 11.6. The summed E-state index contributed by atoms with van der Waals surface area (Å²) in [5.41, 5.74) is 0. The van der Waals surface area contributed by atoms with Crippen molar-refractivity contribution in [3.05, 3.63) is 0 Å². The number of carbonyl (C=O) groups is 3.